The number of aliphatic carboxylic acids is 3. The summed E-state index contributed by atoms with van der Waals surface area (Å²) in [5.41, 5.74) is -2.97. The van der Waals surface area contributed by atoms with E-state index in [9.17, 15) is 29.7 Å². The van der Waals surface area contributed by atoms with Crippen LogP contribution in [0.5, 0.6) is 0 Å². The Morgan fingerprint density at radius 1 is 0.714 bits per heavy atom. The topological polar surface area (TPSA) is 361 Å². The normalized spacial score (nSPS) is 6.71. The van der Waals surface area contributed by atoms with Crippen LogP contribution in [0.3, 0.4) is 0 Å². The van der Waals surface area contributed by atoms with Gasteiger partial charge in [-0.1, -0.05) is 0 Å². The van der Waals surface area contributed by atoms with Gasteiger partial charge in [-0.05, 0) is 0 Å². The van der Waals surface area contributed by atoms with Crippen LogP contribution in [-0.4, -0.2) is 66.9 Å². The number of carbonyl (C=O) groups excluding carboxylic acids is 3. The molecule has 0 rings (SSSR count). The third kappa shape index (κ3) is 24.1. The minimum atomic E-state index is -2.97. The van der Waals surface area contributed by atoms with Crippen LogP contribution in [0.25, 0.3) is 0 Å². The van der Waals surface area contributed by atoms with Crippen LogP contribution in [0.15, 0.2) is 0 Å². The largest absolute Gasteiger partial charge is 1.00 e. The fourth-order valence-electron chi connectivity index (χ4n) is 0.684. The van der Waals surface area contributed by atoms with E-state index < -0.39 is 36.4 Å². The molecule has 0 aromatic heterocycles. The molecule has 0 aliphatic rings. The van der Waals surface area contributed by atoms with Crippen molar-refractivity contribution in [1.82, 2.24) is 0 Å². The molecule has 0 saturated heterocycles. The molecule has 0 aliphatic carbocycles. The van der Waals surface area contributed by atoms with E-state index in [1.165, 1.54) is 0 Å². The van der Waals surface area contributed by atoms with Crippen LogP contribution in [0.1, 0.15) is 12.8 Å². The first-order chi connectivity index (χ1) is 5.78. The predicted octanol–water partition coefficient (Wildman–Crippen LogP) is -14.0. The molecule has 0 heterocycles. The summed E-state index contributed by atoms with van der Waals surface area (Å²) in [6.07, 6.45) is -2.72. The summed E-state index contributed by atoms with van der Waals surface area (Å²) >= 11 is 0. The summed E-state index contributed by atoms with van der Waals surface area (Å²) in [5.74, 6) is -5.98. The van der Waals surface area contributed by atoms with Crippen molar-refractivity contribution in [2.45, 2.75) is 18.4 Å². The maximum Gasteiger partial charge on any atom is 1.00 e. The molecule has 130 valence electrons. The van der Waals surface area contributed by atoms with Gasteiger partial charge in [0.15, 0.2) is 0 Å². The van der Waals surface area contributed by atoms with Gasteiger partial charge in [-0.2, -0.15) is 0 Å². The molecule has 0 aromatic carbocycles. The van der Waals surface area contributed by atoms with Gasteiger partial charge in [0.2, 0.25) is 0 Å². The van der Waals surface area contributed by atoms with Crippen molar-refractivity contribution >= 4 is 17.9 Å². The zero-order valence-electron chi connectivity index (χ0n) is 10.8. The molecule has 15 N–H and O–H groups in total. The van der Waals surface area contributed by atoms with Crippen molar-refractivity contribution in [3.8, 4) is 0 Å². The number of aliphatic hydroxyl groups is 1. The summed E-state index contributed by atoms with van der Waals surface area (Å²) < 4.78 is 0. The van der Waals surface area contributed by atoms with Gasteiger partial charge in [0.25, 0.3) is 0 Å². The molecule has 0 spiro atoms. The molecule has 0 atom stereocenters. The molecule has 0 amide bonds. The van der Waals surface area contributed by atoms with Gasteiger partial charge in [0, 0.05) is 24.8 Å². The quantitative estimate of drug-likeness (QED) is 0.475. The molecule has 0 aromatic rings. The number of carbonyl (C=O) groups is 3. The molecule has 0 aliphatic heterocycles. The van der Waals surface area contributed by atoms with E-state index in [1.807, 2.05) is 0 Å². The second kappa shape index (κ2) is 23.8. The Morgan fingerprint density at radius 3 is 1.00 bits per heavy atom. The summed E-state index contributed by atoms with van der Waals surface area (Å²) in [6.45, 7) is 0. The van der Waals surface area contributed by atoms with Gasteiger partial charge in [-0.25, -0.2) is 0 Å². The third-order valence-electron chi connectivity index (χ3n) is 1.25. The van der Waals surface area contributed by atoms with E-state index in [2.05, 4.69) is 0 Å². The Hall–Kier alpha value is -1.31. The number of carboxylic acids is 3. The number of carboxylic acid groups (broad SMARTS) is 3. The van der Waals surface area contributed by atoms with Crippen molar-refractivity contribution in [2.75, 3.05) is 0 Å². The monoisotopic (exact) mass is 322 g/mol. The predicted molar refractivity (Wildman–Crippen MR) is 54.5 cm³/mol. The van der Waals surface area contributed by atoms with Gasteiger partial charge in [-0.3, -0.25) is 0 Å². The zero-order valence-corrected chi connectivity index (χ0v) is 10.8. The van der Waals surface area contributed by atoms with Crippen molar-refractivity contribution in [3.63, 3.8) is 0 Å². The minimum Gasteiger partial charge on any atom is -0.550 e. The molecule has 0 radical (unpaired) electrons. The Labute approximate surface area is 129 Å². The molecule has 14 nitrogen and oxygen atoms in total. The van der Waals surface area contributed by atoms with Crippen molar-refractivity contribution in [3.05, 3.63) is 0 Å². The SMILES string of the molecule is O.O.O.O.O.O.O.O=C([O-])CC(O)(CC(=O)[O-])C(=O)[O-].[Li+]. The maximum atomic E-state index is 10.1. The van der Waals surface area contributed by atoms with Gasteiger partial charge in [0.1, 0.15) is 5.60 Å². The minimum absolute atomic E-state index is 0. The Kier molecular flexibility index (Phi) is 68.1. The van der Waals surface area contributed by atoms with E-state index in [0.717, 1.165) is 0 Å². The van der Waals surface area contributed by atoms with Gasteiger partial charge in [0.05, 0.1) is 5.97 Å². The summed E-state index contributed by atoms with van der Waals surface area (Å²) in [7, 11) is 0. The van der Waals surface area contributed by atoms with Gasteiger partial charge >= 0.3 is 18.9 Å². The molecule has 0 fully saturated rings. The second-order valence-corrected chi connectivity index (χ2v) is 2.42. The fourth-order valence-corrected chi connectivity index (χ4v) is 0.684. The van der Waals surface area contributed by atoms with Crippen molar-refractivity contribution in [1.29, 1.82) is 0 Å². The maximum absolute atomic E-state index is 10.1. The van der Waals surface area contributed by atoms with E-state index in [4.69, 9.17) is 5.11 Å². The molecule has 0 bridgehead atoms. The first-order valence-corrected chi connectivity index (χ1v) is 3.11. The van der Waals surface area contributed by atoms with Crippen LogP contribution >= 0.6 is 0 Å². The van der Waals surface area contributed by atoms with Crippen LogP contribution in [-0.2, 0) is 14.4 Å². The Balaban J connectivity index is -0.0000000257. The zero-order chi connectivity index (χ0) is 10.6. The molecule has 0 saturated carbocycles. The van der Waals surface area contributed by atoms with Crippen molar-refractivity contribution in [2.24, 2.45) is 0 Å². The molecule has 21 heavy (non-hydrogen) atoms. The van der Waals surface area contributed by atoms with Crippen LogP contribution in [0, 0.1) is 0 Å². The van der Waals surface area contributed by atoms with Crippen LogP contribution < -0.4 is 34.2 Å². The summed E-state index contributed by atoms with van der Waals surface area (Å²) in [6, 6.07) is 0. The average molecular weight is 322 g/mol. The third-order valence-corrected chi connectivity index (χ3v) is 1.25. The molecular formula is C6H19LiO14-2. The smallest absolute Gasteiger partial charge is 0.550 e. The second-order valence-electron chi connectivity index (χ2n) is 2.42. The number of hydrogen-bond acceptors (Lipinski definition) is 7. The Bertz CT molecular complexity index is 238. The Morgan fingerprint density at radius 2 is 0.905 bits per heavy atom. The van der Waals surface area contributed by atoms with Crippen molar-refractivity contribution < 1.29 is 92.0 Å². The van der Waals surface area contributed by atoms with E-state index in [-0.39, 0.29) is 57.2 Å². The van der Waals surface area contributed by atoms with Gasteiger partial charge in [-0.15, -0.1) is 0 Å². The van der Waals surface area contributed by atoms with E-state index >= 15 is 0 Å². The van der Waals surface area contributed by atoms with Crippen LogP contribution in [0.2, 0.25) is 0 Å². The first-order valence-electron chi connectivity index (χ1n) is 3.11. The summed E-state index contributed by atoms with van der Waals surface area (Å²) in [5, 5.41) is 38.9. The first kappa shape index (κ1) is 60.2. The number of hydrogen-bond donors (Lipinski definition) is 1. The average Bonchev–Trinajstić information content (AvgIpc) is 1.82. The van der Waals surface area contributed by atoms with Gasteiger partial charge < -0.3 is 73.1 Å². The fraction of sp³-hybridized carbons (Fsp3) is 0.500. The molecule has 15 heteroatoms. The number of rotatable bonds is 5. The molecule has 0 unspecified atom stereocenters. The standard InChI is InChI=1S/C6H8O7.Li.7H2O/c7-3(8)1-6(13,5(11)12)2-4(9)10;;;;;;;;/h13H,1-2H2,(H,7,8)(H,9,10)(H,11,12);;7*1H2/q;+1;;;;;;;/p-3. The summed E-state index contributed by atoms with van der Waals surface area (Å²) in [4.78, 5) is 30.0. The van der Waals surface area contributed by atoms with Crippen LogP contribution in [0.4, 0.5) is 0 Å². The van der Waals surface area contributed by atoms with E-state index in [1.54, 1.807) is 0 Å². The molecular weight excluding hydrogens is 303 g/mol. The van der Waals surface area contributed by atoms with E-state index in [0.29, 0.717) is 0 Å².